The van der Waals surface area contributed by atoms with Crippen LogP contribution < -0.4 is 15.8 Å². The number of carbonyl (C=O) groups is 1. The van der Waals surface area contributed by atoms with E-state index in [4.69, 9.17) is 10.5 Å². The number of anilines is 2. The summed E-state index contributed by atoms with van der Waals surface area (Å²) in [6.45, 7) is 0. The van der Waals surface area contributed by atoms with Crippen molar-refractivity contribution in [1.29, 1.82) is 0 Å². The van der Waals surface area contributed by atoms with Crippen molar-refractivity contribution in [2.75, 3.05) is 18.2 Å². The molecule has 4 nitrogen and oxygen atoms in total. The van der Waals surface area contributed by atoms with E-state index < -0.39 is 0 Å². The summed E-state index contributed by atoms with van der Waals surface area (Å²) in [5.41, 5.74) is 9.91. The summed E-state index contributed by atoms with van der Waals surface area (Å²) in [5.74, 6) is 1.06. The third kappa shape index (κ3) is 3.65. The number of amides is 1. The predicted octanol–water partition coefficient (Wildman–Crippen LogP) is 3.41. The zero-order chi connectivity index (χ0) is 16.2. The molecule has 1 aliphatic rings. The van der Waals surface area contributed by atoms with Crippen LogP contribution in [-0.4, -0.2) is 13.0 Å². The van der Waals surface area contributed by atoms with Gasteiger partial charge in [-0.05, 0) is 54.5 Å². The van der Waals surface area contributed by atoms with Crippen LogP contribution in [0.3, 0.4) is 0 Å². The van der Waals surface area contributed by atoms with Gasteiger partial charge in [-0.15, -0.1) is 0 Å². The molecule has 0 heterocycles. The first kappa shape index (κ1) is 15.4. The number of aryl methyl sites for hydroxylation is 1. The Balaban J connectivity index is 1.59. The quantitative estimate of drug-likeness (QED) is 0.851. The van der Waals surface area contributed by atoms with E-state index in [1.807, 2.05) is 6.07 Å². The number of hydrogen-bond acceptors (Lipinski definition) is 3. The van der Waals surface area contributed by atoms with Crippen molar-refractivity contribution in [2.45, 2.75) is 25.7 Å². The molecule has 0 radical (unpaired) electrons. The molecule has 0 spiro atoms. The molecule has 3 rings (SSSR count). The molecule has 2 aromatic carbocycles. The minimum absolute atomic E-state index is 0.0407. The number of hydrogen-bond donors (Lipinski definition) is 2. The topological polar surface area (TPSA) is 64.3 Å². The summed E-state index contributed by atoms with van der Waals surface area (Å²) in [7, 11) is 1.57. The van der Waals surface area contributed by atoms with Crippen molar-refractivity contribution in [3.05, 3.63) is 53.6 Å². The van der Waals surface area contributed by atoms with Gasteiger partial charge in [0.25, 0.3) is 0 Å². The second-order valence-corrected chi connectivity index (χ2v) is 6.09. The summed E-state index contributed by atoms with van der Waals surface area (Å²) < 4.78 is 5.12. The molecule has 0 fully saturated rings. The van der Waals surface area contributed by atoms with Gasteiger partial charge in [-0.25, -0.2) is 0 Å². The van der Waals surface area contributed by atoms with E-state index >= 15 is 0 Å². The first-order valence-electron chi connectivity index (χ1n) is 7.96. The maximum atomic E-state index is 12.3. The Hall–Kier alpha value is -2.49. The van der Waals surface area contributed by atoms with Crippen LogP contribution in [0.1, 0.15) is 24.0 Å². The van der Waals surface area contributed by atoms with Gasteiger partial charge in [0.1, 0.15) is 5.75 Å². The number of carbonyl (C=O) groups excluding carboxylic acids is 1. The summed E-state index contributed by atoms with van der Waals surface area (Å²) >= 11 is 0. The highest BCUT2D eigenvalue weighted by atomic mass is 16.5. The van der Waals surface area contributed by atoms with Gasteiger partial charge >= 0.3 is 0 Å². The fraction of sp³-hybridized carbons (Fsp3) is 0.316. The lowest BCUT2D eigenvalue weighted by molar-refractivity contribution is -0.117. The van der Waals surface area contributed by atoms with E-state index in [-0.39, 0.29) is 5.91 Å². The number of methoxy groups -OCH3 is 1. The molecule has 3 N–H and O–H groups in total. The van der Waals surface area contributed by atoms with Crippen LogP contribution >= 0.6 is 0 Å². The van der Waals surface area contributed by atoms with Crippen LogP contribution in [0, 0.1) is 5.92 Å². The first-order chi connectivity index (χ1) is 11.2. The van der Waals surface area contributed by atoms with Crippen LogP contribution in [0.25, 0.3) is 0 Å². The molecule has 0 bridgehead atoms. The second kappa shape index (κ2) is 6.73. The van der Waals surface area contributed by atoms with Crippen LogP contribution in [0.15, 0.2) is 42.5 Å². The Morgan fingerprint density at radius 1 is 1.26 bits per heavy atom. The normalized spacial score (nSPS) is 16.5. The molecule has 2 aromatic rings. The lowest BCUT2D eigenvalue weighted by Gasteiger charge is -2.24. The molecule has 1 unspecified atom stereocenters. The fourth-order valence-corrected chi connectivity index (χ4v) is 3.23. The van der Waals surface area contributed by atoms with E-state index in [1.54, 1.807) is 19.2 Å². The van der Waals surface area contributed by atoms with Crippen molar-refractivity contribution in [3.8, 4) is 5.75 Å². The Labute approximate surface area is 136 Å². The van der Waals surface area contributed by atoms with Crippen molar-refractivity contribution < 1.29 is 9.53 Å². The summed E-state index contributed by atoms with van der Waals surface area (Å²) in [6, 6.07) is 13.8. The molecule has 1 aliphatic carbocycles. The number of benzene rings is 2. The highest BCUT2D eigenvalue weighted by Gasteiger charge is 2.20. The second-order valence-electron chi connectivity index (χ2n) is 6.09. The van der Waals surface area contributed by atoms with Gasteiger partial charge in [0, 0.05) is 12.1 Å². The van der Waals surface area contributed by atoms with Gasteiger partial charge in [0.05, 0.1) is 12.8 Å². The average molecular weight is 310 g/mol. The number of nitrogens with one attached hydrogen (secondary N) is 1. The summed E-state index contributed by atoms with van der Waals surface area (Å²) in [5, 5.41) is 2.93. The van der Waals surface area contributed by atoms with Gasteiger partial charge in [-0.3, -0.25) is 4.79 Å². The minimum Gasteiger partial charge on any atom is -0.495 e. The summed E-state index contributed by atoms with van der Waals surface area (Å²) in [4.78, 5) is 12.3. The van der Waals surface area contributed by atoms with Gasteiger partial charge in [-0.1, -0.05) is 24.3 Å². The van der Waals surface area contributed by atoms with Crippen molar-refractivity contribution in [2.24, 2.45) is 5.92 Å². The monoisotopic (exact) mass is 310 g/mol. The summed E-state index contributed by atoms with van der Waals surface area (Å²) in [6.07, 6.45) is 3.65. The van der Waals surface area contributed by atoms with Gasteiger partial charge in [0.15, 0.2) is 0 Å². The van der Waals surface area contributed by atoms with E-state index in [2.05, 4.69) is 29.6 Å². The Bertz CT molecular complexity index is 712. The lowest BCUT2D eigenvalue weighted by Crippen LogP contribution is -2.21. The van der Waals surface area contributed by atoms with E-state index in [0.717, 1.165) is 19.3 Å². The standard InChI is InChI=1S/C19H22N2O2/c1-23-18-9-8-16(12-17(18)20)21-19(22)11-13-6-7-14-4-2-3-5-15(14)10-13/h2-5,8-9,12-13H,6-7,10-11,20H2,1H3,(H,21,22). The van der Waals surface area contributed by atoms with Crippen molar-refractivity contribution in [1.82, 2.24) is 0 Å². The minimum atomic E-state index is 0.0407. The van der Waals surface area contributed by atoms with Gasteiger partial charge in [-0.2, -0.15) is 0 Å². The molecular formula is C19H22N2O2. The van der Waals surface area contributed by atoms with Crippen LogP contribution in [0.4, 0.5) is 11.4 Å². The zero-order valence-electron chi connectivity index (χ0n) is 13.3. The van der Waals surface area contributed by atoms with E-state index in [9.17, 15) is 4.79 Å². The van der Waals surface area contributed by atoms with E-state index in [1.165, 1.54) is 11.1 Å². The van der Waals surface area contributed by atoms with Gasteiger partial charge < -0.3 is 15.8 Å². The van der Waals surface area contributed by atoms with Crippen LogP contribution in [-0.2, 0) is 17.6 Å². The maximum absolute atomic E-state index is 12.3. The molecule has 1 atom stereocenters. The molecule has 1 amide bonds. The highest BCUT2D eigenvalue weighted by Crippen LogP contribution is 2.28. The Kier molecular flexibility index (Phi) is 4.51. The highest BCUT2D eigenvalue weighted by molar-refractivity contribution is 5.91. The number of rotatable bonds is 4. The smallest absolute Gasteiger partial charge is 0.224 e. The largest absolute Gasteiger partial charge is 0.495 e. The third-order valence-corrected chi connectivity index (χ3v) is 4.44. The predicted molar refractivity (Wildman–Crippen MR) is 92.6 cm³/mol. The Morgan fingerprint density at radius 2 is 2.04 bits per heavy atom. The first-order valence-corrected chi connectivity index (χ1v) is 7.96. The fourth-order valence-electron chi connectivity index (χ4n) is 3.23. The molecule has 4 heteroatoms. The van der Waals surface area contributed by atoms with Crippen molar-refractivity contribution >= 4 is 17.3 Å². The Morgan fingerprint density at radius 3 is 2.78 bits per heavy atom. The SMILES string of the molecule is COc1ccc(NC(=O)CC2CCc3ccccc3C2)cc1N. The van der Waals surface area contributed by atoms with Gasteiger partial charge in [0.2, 0.25) is 5.91 Å². The van der Waals surface area contributed by atoms with E-state index in [0.29, 0.717) is 29.5 Å². The molecule has 120 valence electrons. The molecule has 23 heavy (non-hydrogen) atoms. The number of nitrogens with two attached hydrogens (primary N) is 1. The number of fused-ring (bicyclic) bond motifs is 1. The van der Waals surface area contributed by atoms with Crippen LogP contribution in [0.2, 0.25) is 0 Å². The molecule has 0 aliphatic heterocycles. The molecule has 0 saturated heterocycles. The average Bonchev–Trinajstić information content (AvgIpc) is 2.55. The van der Waals surface area contributed by atoms with Crippen LogP contribution in [0.5, 0.6) is 5.75 Å². The number of ether oxygens (including phenoxy) is 1. The maximum Gasteiger partial charge on any atom is 0.224 e. The molecule has 0 aromatic heterocycles. The number of nitrogen functional groups attached to an aromatic ring is 1. The lowest BCUT2D eigenvalue weighted by atomic mass is 9.82. The zero-order valence-corrected chi connectivity index (χ0v) is 13.3. The molecular weight excluding hydrogens is 288 g/mol. The third-order valence-electron chi connectivity index (χ3n) is 4.44. The van der Waals surface area contributed by atoms with Crippen molar-refractivity contribution in [3.63, 3.8) is 0 Å². The molecule has 0 saturated carbocycles.